The van der Waals surface area contributed by atoms with Crippen molar-refractivity contribution in [2.45, 2.75) is 6.04 Å². The van der Waals surface area contributed by atoms with Gasteiger partial charge < -0.3 is 5.32 Å². The van der Waals surface area contributed by atoms with E-state index in [0.29, 0.717) is 0 Å². The number of hydrogen-bond donors (Lipinski definition) is 1. The van der Waals surface area contributed by atoms with Crippen molar-refractivity contribution in [1.82, 2.24) is 10.2 Å². The molecule has 1 atom stereocenters. The second kappa shape index (κ2) is 6.19. The molecule has 1 aromatic carbocycles. The van der Waals surface area contributed by atoms with Crippen molar-refractivity contribution in [2.24, 2.45) is 0 Å². The van der Waals surface area contributed by atoms with E-state index in [1.54, 1.807) is 11.3 Å². The number of benzene rings is 1. The van der Waals surface area contributed by atoms with Crippen LogP contribution in [-0.2, 0) is 0 Å². The predicted octanol–water partition coefficient (Wildman–Crippen LogP) is 2.61. The Morgan fingerprint density at radius 1 is 1.15 bits per heavy atom. The monoisotopic (exact) mass is 283 g/mol. The van der Waals surface area contributed by atoms with Crippen molar-refractivity contribution < 1.29 is 0 Å². The van der Waals surface area contributed by atoms with Crippen LogP contribution in [-0.4, -0.2) is 31.1 Å². The molecule has 1 saturated heterocycles. The lowest BCUT2D eigenvalue weighted by molar-refractivity contribution is 0.200. The highest BCUT2D eigenvalue weighted by molar-refractivity contribution is 7.10. The van der Waals surface area contributed by atoms with Gasteiger partial charge in [-0.15, -0.1) is 11.3 Å². The lowest BCUT2D eigenvalue weighted by atomic mass is 9.98. The van der Waals surface area contributed by atoms with E-state index in [1.807, 2.05) is 18.2 Å². The Kier molecular flexibility index (Phi) is 4.12. The molecule has 102 valence electrons. The molecule has 1 aromatic heterocycles. The van der Waals surface area contributed by atoms with E-state index in [4.69, 9.17) is 0 Å². The summed E-state index contributed by atoms with van der Waals surface area (Å²) in [5, 5.41) is 14.9. The van der Waals surface area contributed by atoms with Gasteiger partial charge in [-0.3, -0.25) is 4.90 Å². The number of hydrogen-bond acceptors (Lipinski definition) is 4. The molecule has 0 radical (unpaired) electrons. The minimum Gasteiger partial charge on any atom is -0.314 e. The first-order valence-electron chi connectivity index (χ1n) is 6.87. The normalized spacial score (nSPS) is 17.6. The molecule has 0 saturated carbocycles. The van der Waals surface area contributed by atoms with Crippen LogP contribution in [0.1, 0.15) is 22.0 Å². The number of rotatable bonds is 3. The summed E-state index contributed by atoms with van der Waals surface area (Å²) >= 11 is 1.77. The molecular formula is C16H17N3S. The van der Waals surface area contributed by atoms with Gasteiger partial charge in [-0.1, -0.05) is 24.3 Å². The Hall–Kier alpha value is -1.67. The van der Waals surface area contributed by atoms with Gasteiger partial charge in [-0.25, -0.2) is 0 Å². The molecule has 3 rings (SSSR count). The van der Waals surface area contributed by atoms with Gasteiger partial charge in [0.25, 0.3) is 0 Å². The van der Waals surface area contributed by atoms with Gasteiger partial charge in [0.2, 0.25) is 0 Å². The van der Waals surface area contributed by atoms with Crippen molar-refractivity contribution in [3.63, 3.8) is 0 Å². The van der Waals surface area contributed by atoms with E-state index in [9.17, 15) is 5.26 Å². The zero-order valence-electron chi connectivity index (χ0n) is 11.2. The van der Waals surface area contributed by atoms with Crippen LogP contribution < -0.4 is 5.32 Å². The van der Waals surface area contributed by atoms with E-state index >= 15 is 0 Å². The van der Waals surface area contributed by atoms with Crippen LogP contribution in [0.5, 0.6) is 0 Å². The van der Waals surface area contributed by atoms with Crippen molar-refractivity contribution in [1.29, 1.82) is 5.26 Å². The lowest BCUT2D eigenvalue weighted by Crippen LogP contribution is -2.45. The smallest absolute Gasteiger partial charge is 0.0995 e. The highest BCUT2D eigenvalue weighted by Gasteiger charge is 2.26. The van der Waals surface area contributed by atoms with Gasteiger partial charge in [-0.05, 0) is 23.1 Å². The summed E-state index contributed by atoms with van der Waals surface area (Å²) in [5.74, 6) is 0. The van der Waals surface area contributed by atoms with Crippen molar-refractivity contribution >= 4 is 11.3 Å². The van der Waals surface area contributed by atoms with Crippen LogP contribution in [0, 0.1) is 11.3 Å². The van der Waals surface area contributed by atoms with Crippen molar-refractivity contribution in [3.05, 3.63) is 57.8 Å². The fourth-order valence-electron chi connectivity index (χ4n) is 2.75. The minimum absolute atomic E-state index is 0.202. The van der Waals surface area contributed by atoms with Gasteiger partial charge in [0, 0.05) is 31.1 Å². The maximum Gasteiger partial charge on any atom is 0.0995 e. The van der Waals surface area contributed by atoms with Crippen molar-refractivity contribution in [3.8, 4) is 6.07 Å². The van der Waals surface area contributed by atoms with Gasteiger partial charge in [0.05, 0.1) is 17.7 Å². The third kappa shape index (κ3) is 2.61. The average molecular weight is 283 g/mol. The first-order chi connectivity index (χ1) is 9.90. The van der Waals surface area contributed by atoms with Crippen LogP contribution in [0.4, 0.5) is 0 Å². The summed E-state index contributed by atoms with van der Waals surface area (Å²) in [4.78, 5) is 3.79. The second-order valence-electron chi connectivity index (χ2n) is 4.90. The van der Waals surface area contributed by atoms with Crippen LogP contribution in [0.2, 0.25) is 0 Å². The Morgan fingerprint density at radius 2 is 1.95 bits per heavy atom. The Balaban J connectivity index is 2.03. The van der Waals surface area contributed by atoms with Crippen molar-refractivity contribution in [2.75, 3.05) is 26.2 Å². The molecule has 0 unspecified atom stereocenters. The summed E-state index contributed by atoms with van der Waals surface area (Å²) in [6, 6.07) is 14.8. The number of nitrogens with one attached hydrogen (secondary N) is 1. The van der Waals surface area contributed by atoms with Gasteiger partial charge in [0.15, 0.2) is 0 Å². The molecule has 0 spiro atoms. The molecular weight excluding hydrogens is 266 g/mol. The van der Waals surface area contributed by atoms with E-state index in [2.05, 4.69) is 39.9 Å². The number of piperazine rings is 1. The molecule has 0 bridgehead atoms. The van der Waals surface area contributed by atoms with Gasteiger partial charge >= 0.3 is 0 Å². The number of nitrogens with zero attached hydrogens (tertiary/aromatic N) is 2. The molecule has 3 nitrogen and oxygen atoms in total. The molecule has 1 fully saturated rings. The first-order valence-corrected chi connectivity index (χ1v) is 7.75. The summed E-state index contributed by atoms with van der Waals surface area (Å²) in [6.45, 7) is 4.05. The molecule has 4 heteroatoms. The summed E-state index contributed by atoms with van der Waals surface area (Å²) in [5.41, 5.74) is 1.91. The fourth-order valence-corrected chi connectivity index (χ4v) is 3.63. The summed E-state index contributed by atoms with van der Waals surface area (Å²) in [6.07, 6.45) is 0. The van der Waals surface area contributed by atoms with Crippen LogP contribution in [0.3, 0.4) is 0 Å². The van der Waals surface area contributed by atoms with Crippen LogP contribution in [0.15, 0.2) is 41.8 Å². The van der Waals surface area contributed by atoms with E-state index in [1.165, 1.54) is 4.88 Å². The molecule has 0 amide bonds. The SMILES string of the molecule is N#Cc1ccccc1[C@H](c1cccs1)N1CCNCC1. The highest BCUT2D eigenvalue weighted by atomic mass is 32.1. The number of nitriles is 1. The molecule has 20 heavy (non-hydrogen) atoms. The van der Waals surface area contributed by atoms with Crippen LogP contribution in [0.25, 0.3) is 0 Å². The summed E-state index contributed by atoms with van der Waals surface area (Å²) in [7, 11) is 0. The summed E-state index contributed by atoms with van der Waals surface area (Å²) < 4.78 is 0. The minimum atomic E-state index is 0.202. The molecule has 2 heterocycles. The van der Waals surface area contributed by atoms with Gasteiger partial charge in [-0.2, -0.15) is 5.26 Å². The standard InChI is InChI=1S/C16H17N3S/c17-12-13-4-1-2-5-14(13)16(15-6-3-11-20-15)19-9-7-18-8-10-19/h1-6,11,16,18H,7-10H2/t16-/m1/s1. The zero-order valence-corrected chi connectivity index (χ0v) is 12.1. The number of thiophene rings is 1. The first kappa shape index (κ1) is 13.3. The molecule has 0 aliphatic carbocycles. The lowest BCUT2D eigenvalue weighted by Gasteiger charge is -2.35. The topological polar surface area (TPSA) is 39.1 Å². The molecule has 1 aliphatic heterocycles. The zero-order chi connectivity index (χ0) is 13.8. The van der Waals surface area contributed by atoms with Crippen LogP contribution >= 0.6 is 11.3 Å². The third-order valence-electron chi connectivity index (χ3n) is 3.71. The van der Waals surface area contributed by atoms with E-state index in [0.717, 1.165) is 37.3 Å². The third-order valence-corrected chi connectivity index (χ3v) is 4.63. The highest BCUT2D eigenvalue weighted by Crippen LogP contribution is 2.33. The second-order valence-corrected chi connectivity index (χ2v) is 5.88. The maximum absolute atomic E-state index is 9.39. The molecule has 1 aliphatic rings. The maximum atomic E-state index is 9.39. The van der Waals surface area contributed by atoms with E-state index < -0.39 is 0 Å². The Bertz CT molecular complexity index is 594. The predicted molar refractivity (Wildman–Crippen MR) is 81.8 cm³/mol. The Labute approximate surface area is 123 Å². The largest absolute Gasteiger partial charge is 0.314 e. The average Bonchev–Trinajstić information content (AvgIpc) is 3.03. The molecule has 1 N–H and O–H groups in total. The quantitative estimate of drug-likeness (QED) is 0.941. The van der Waals surface area contributed by atoms with E-state index in [-0.39, 0.29) is 6.04 Å². The molecule has 2 aromatic rings. The fraction of sp³-hybridized carbons (Fsp3) is 0.312. The van der Waals surface area contributed by atoms with Gasteiger partial charge in [0.1, 0.15) is 0 Å². The Morgan fingerprint density at radius 3 is 2.65 bits per heavy atom.